The second-order valence-electron chi connectivity index (χ2n) is 6.14. The molecule has 1 saturated heterocycles. The molecule has 1 aliphatic rings. The Morgan fingerprint density at radius 1 is 1.21 bits per heavy atom. The summed E-state index contributed by atoms with van der Waals surface area (Å²) in [5, 5.41) is 6.27. The van der Waals surface area contributed by atoms with Crippen LogP contribution in [-0.4, -0.2) is 20.7 Å². The van der Waals surface area contributed by atoms with Crippen LogP contribution < -0.4 is 10.6 Å². The highest BCUT2D eigenvalue weighted by Crippen LogP contribution is 2.29. The molecule has 0 unspecified atom stereocenters. The van der Waals surface area contributed by atoms with Crippen LogP contribution in [0, 0.1) is 5.82 Å². The van der Waals surface area contributed by atoms with E-state index in [4.69, 9.17) is 12.2 Å². The summed E-state index contributed by atoms with van der Waals surface area (Å²) in [6, 6.07) is 13.2. The van der Waals surface area contributed by atoms with Gasteiger partial charge in [-0.05, 0) is 36.4 Å². The zero-order valence-electron chi connectivity index (χ0n) is 14.4. The van der Waals surface area contributed by atoms with E-state index in [9.17, 15) is 14.0 Å². The molecule has 2 heterocycles. The molecule has 1 aliphatic heterocycles. The van der Waals surface area contributed by atoms with Gasteiger partial charge in [0.1, 0.15) is 16.7 Å². The van der Waals surface area contributed by atoms with Crippen molar-refractivity contribution in [1.82, 2.24) is 9.88 Å². The molecule has 1 fully saturated rings. The number of nitrogens with zero attached hydrogens (tertiary/aromatic N) is 1. The number of halogens is 1. The molecule has 2 N–H and O–H groups in total. The van der Waals surface area contributed by atoms with Gasteiger partial charge in [-0.15, -0.1) is 0 Å². The van der Waals surface area contributed by atoms with Crippen LogP contribution in [0.2, 0.25) is 0 Å². The van der Waals surface area contributed by atoms with Gasteiger partial charge in [0, 0.05) is 28.4 Å². The van der Waals surface area contributed by atoms with Gasteiger partial charge in [0.15, 0.2) is 0 Å². The zero-order chi connectivity index (χ0) is 19.7. The average Bonchev–Trinajstić information content (AvgIpc) is 3.17. The fraction of sp³-hybridized carbons (Fsp3) is 0.0500. The Balaban J connectivity index is 1.62. The van der Waals surface area contributed by atoms with Crippen molar-refractivity contribution in [2.75, 3.05) is 5.32 Å². The first-order chi connectivity index (χ1) is 13.5. The summed E-state index contributed by atoms with van der Waals surface area (Å²) in [4.78, 5) is 24.9. The van der Waals surface area contributed by atoms with E-state index in [1.165, 1.54) is 36.0 Å². The minimum Gasteiger partial charge on any atom is -0.337 e. The van der Waals surface area contributed by atoms with Crippen molar-refractivity contribution in [3.63, 3.8) is 0 Å². The smallest absolute Gasteiger partial charge is 0.263 e. The number of aromatic nitrogens is 1. The lowest BCUT2D eigenvalue weighted by Gasteiger charge is -2.07. The number of hydrogen-bond donors (Lipinski definition) is 2. The molecule has 8 heteroatoms. The summed E-state index contributed by atoms with van der Waals surface area (Å²) in [5.74, 6) is -0.818. The normalized spacial score (nSPS) is 15.2. The summed E-state index contributed by atoms with van der Waals surface area (Å²) < 4.78 is 15.3. The van der Waals surface area contributed by atoms with Crippen molar-refractivity contribution in [1.29, 1.82) is 0 Å². The highest BCUT2D eigenvalue weighted by molar-refractivity contribution is 8.26. The molecule has 4 rings (SSSR count). The predicted octanol–water partition coefficient (Wildman–Crippen LogP) is 3.91. The number of carbonyl (C=O) groups excluding carboxylic acids is 2. The third kappa shape index (κ3) is 3.83. The minimum absolute atomic E-state index is 0.0822. The van der Waals surface area contributed by atoms with Gasteiger partial charge in [0.25, 0.3) is 5.91 Å². The van der Waals surface area contributed by atoms with E-state index in [0.29, 0.717) is 14.9 Å². The molecule has 0 spiro atoms. The first-order valence-electron chi connectivity index (χ1n) is 8.38. The molecule has 0 aliphatic carbocycles. The number of hydrogen-bond acceptors (Lipinski definition) is 4. The van der Waals surface area contributed by atoms with Crippen LogP contribution in [0.15, 0.2) is 59.6 Å². The summed E-state index contributed by atoms with van der Waals surface area (Å²) in [6.07, 6.45) is 3.60. The molecule has 2 amide bonds. The van der Waals surface area contributed by atoms with E-state index in [0.717, 1.165) is 16.5 Å². The molecule has 0 radical (unpaired) electrons. The van der Waals surface area contributed by atoms with Crippen LogP contribution in [0.4, 0.5) is 10.1 Å². The Morgan fingerprint density at radius 3 is 2.68 bits per heavy atom. The van der Waals surface area contributed by atoms with Gasteiger partial charge in [-0.2, -0.15) is 0 Å². The molecule has 2 aromatic carbocycles. The molecule has 3 aromatic rings. The topological polar surface area (TPSA) is 63.1 Å². The van der Waals surface area contributed by atoms with Gasteiger partial charge in [-0.1, -0.05) is 42.2 Å². The molecule has 0 atom stereocenters. The molecule has 140 valence electrons. The third-order valence-corrected chi connectivity index (χ3v) is 5.35. The maximum absolute atomic E-state index is 13.0. The highest BCUT2D eigenvalue weighted by Gasteiger charge is 2.22. The van der Waals surface area contributed by atoms with E-state index < -0.39 is 0 Å². The fourth-order valence-corrected chi connectivity index (χ4v) is 4.01. The Hall–Kier alpha value is -2.97. The van der Waals surface area contributed by atoms with Gasteiger partial charge in [0.2, 0.25) is 5.91 Å². The maximum atomic E-state index is 13.0. The van der Waals surface area contributed by atoms with Gasteiger partial charge >= 0.3 is 0 Å². The van der Waals surface area contributed by atoms with Gasteiger partial charge in [-0.3, -0.25) is 9.59 Å². The van der Waals surface area contributed by atoms with Crippen molar-refractivity contribution >= 4 is 62.8 Å². The monoisotopic (exact) mass is 411 g/mol. The summed E-state index contributed by atoms with van der Waals surface area (Å²) in [7, 11) is 0. The SMILES string of the molecule is O=C(Cn1cc(/C=C2/SC(=S)NC2=O)c2ccccc21)Nc1ccc(F)cc1. The molecular weight excluding hydrogens is 397 g/mol. The predicted molar refractivity (Wildman–Crippen MR) is 113 cm³/mol. The number of thioether (sulfide) groups is 1. The molecule has 0 bridgehead atoms. The van der Waals surface area contributed by atoms with Gasteiger partial charge in [-0.25, -0.2) is 4.39 Å². The van der Waals surface area contributed by atoms with Crippen LogP contribution in [-0.2, 0) is 16.1 Å². The van der Waals surface area contributed by atoms with Crippen LogP contribution in [0.5, 0.6) is 0 Å². The largest absolute Gasteiger partial charge is 0.337 e. The summed E-state index contributed by atoms with van der Waals surface area (Å²) in [5.41, 5.74) is 2.22. The second kappa shape index (κ2) is 7.57. The quantitative estimate of drug-likeness (QED) is 0.505. The van der Waals surface area contributed by atoms with E-state index in [1.54, 1.807) is 6.08 Å². The highest BCUT2D eigenvalue weighted by atomic mass is 32.2. The molecule has 28 heavy (non-hydrogen) atoms. The minimum atomic E-state index is -0.361. The Bertz CT molecular complexity index is 1140. The number of carbonyl (C=O) groups is 2. The first-order valence-corrected chi connectivity index (χ1v) is 9.60. The lowest BCUT2D eigenvalue weighted by atomic mass is 10.1. The summed E-state index contributed by atoms with van der Waals surface area (Å²) in [6.45, 7) is 0.0822. The van der Waals surface area contributed by atoms with E-state index in [1.807, 2.05) is 35.0 Å². The third-order valence-electron chi connectivity index (χ3n) is 4.19. The number of para-hydroxylation sites is 1. The van der Waals surface area contributed by atoms with Crippen LogP contribution in [0.25, 0.3) is 17.0 Å². The number of fused-ring (bicyclic) bond motifs is 1. The Kier molecular flexibility index (Phi) is 4.97. The Morgan fingerprint density at radius 2 is 1.96 bits per heavy atom. The number of amides is 2. The standard InChI is InChI=1S/C20H14FN3O2S2/c21-13-5-7-14(8-6-13)22-18(25)11-24-10-12(15-3-1-2-4-16(15)24)9-17-19(26)23-20(27)28-17/h1-10H,11H2,(H,22,25)(H,23,26,27)/b17-9+. The zero-order valence-corrected chi connectivity index (χ0v) is 16.1. The number of anilines is 1. The van der Waals surface area contributed by atoms with Crippen molar-refractivity contribution in [2.24, 2.45) is 0 Å². The molecular formula is C20H14FN3O2S2. The van der Waals surface area contributed by atoms with Crippen molar-refractivity contribution in [3.8, 4) is 0 Å². The van der Waals surface area contributed by atoms with Crippen molar-refractivity contribution < 1.29 is 14.0 Å². The number of nitrogens with one attached hydrogen (secondary N) is 2. The average molecular weight is 411 g/mol. The number of benzene rings is 2. The van der Waals surface area contributed by atoms with Crippen molar-refractivity contribution in [3.05, 3.63) is 71.0 Å². The first kappa shape index (κ1) is 18.4. The van der Waals surface area contributed by atoms with Gasteiger partial charge < -0.3 is 15.2 Å². The molecule has 0 saturated carbocycles. The van der Waals surface area contributed by atoms with Crippen LogP contribution in [0.1, 0.15) is 5.56 Å². The number of rotatable bonds is 4. The van der Waals surface area contributed by atoms with Crippen molar-refractivity contribution in [2.45, 2.75) is 6.54 Å². The Labute approximate surface area is 169 Å². The number of thiocarbonyl (C=S) groups is 1. The molecule has 1 aromatic heterocycles. The fourth-order valence-electron chi connectivity index (χ4n) is 2.97. The lowest BCUT2D eigenvalue weighted by molar-refractivity contribution is -0.117. The van der Waals surface area contributed by atoms with Crippen LogP contribution >= 0.6 is 24.0 Å². The van der Waals surface area contributed by atoms with E-state index in [-0.39, 0.29) is 24.2 Å². The second-order valence-corrected chi connectivity index (χ2v) is 7.86. The van der Waals surface area contributed by atoms with Crippen LogP contribution in [0.3, 0.4) is 0 Å². The lowest BCUT2D eigenvalue weighted by Crippen LogP contribution is -2.18. The maximum Gasteiger partial charge on any atom is 0.263 e. The van der Waals surface area contributed by atoms with Gasteiger partial charge in [0.05, 0.1) is 4.91 Å². The summed E-state index contributed by atoms with van der Waals surface area (Å²) >= 11 is 6.24. The van der Waals surface area contributed by atoms with E-state index in [2.05, 4.69) is 10.6 Å². The van der Waals surface area contributed by atoms with E-state index >= 15 is 0 Å². The molecule has 5 nitrogen and oxygen atoms in total.